The van der Waals surface area contributed by atoms with Gasteiger partial charge in [0.25, 0.3) is 5.91 Å². The Hall–Kier alpha value is -1.64. The van der Waals surface area contributed by atoms with Gasteiger partial charge in [-0.1, -0.05) is 19.3 Å². The molecule has 7 nitrogen and oxygen atoms in total. The fourth-order valence-corrected chi connectivity index (χ4v) is 4.33. The molecule has 0 aromatic heterocycles. The molecule has 0 bridgehead atoms. The number of primary sulfonamides is 1. The third-order valence-electron chi connectivity index (χ3n) is 5.05. The van der Waals surface area contributed by atoms with Gasteiger partial charge in [0, 0.05) is 0 Å². The summed E-state index contributed by atoms with van der Waals surface area (Å²) in [5.74, 6) is -0.0833. The second-order valence-corrected chi connectivity index (χ2v) is 8.40. The zero-order valence-electron chi connectivity index (χ0n) is 14.3. The van der Waals surface area contributed by atoms with Gasteiger partial charge in [-0.3, -0.25) is 4.79 Å². The van der Waals surface area contributed by atoms with Crippen LogP contribution in [-0.2, 0) is 14.8 Å². The van der Waals surface area contributed by atoms with E-state index in [0.29, 0.717) is 12.4 Å². The van der Waals surface area contributed by atoms with E-state index in [9.17, 15) is 13.2 Å². The third-order valence-corrected chi connectivity index (χ3v) is 5.96. The molecule has 138 valence electrons. The molecule has 2 aliphatic rings. The summed E-state index contributed by atoms with van der Waals surface area (Å²) >= 11 is 0. The van der Waals surface area contributed by atoms with Crippen LogP contribution in [0, 0.1) is 0 Å². The Bertz CT molecular complexity index is 756. The lowest BCUT2D eigenvalue weighted by Crippen LogP contribution is -2.37. The van der Waals surface area contributed by atoms with Crippen LogP contribution in [-0.4, -0.2) is 39.7 Å². The Balaban J connectivity index is 1.75. The molecule has 0 radical (unpaired) electrons. The molecule has 1 aromatic carbocycles. The number of nitrogens with one attached hydrogen (secondary N) is 1. The van der Waals surface area contributed by atoms with Gasteiger partial charge in [-0.25, -0.2) is 13.6 Å². The van der Waals surface area contributed by atoms with E-state index in [1.807, 2.05) is 0 Å². The molecule has 1 aromatic rings. The average molecular weight is 368 g/mol. The molecule has 1 atom stereocenters. The summed E-state index contributed by atoms with van der Waals surface area (Å²) < 4.78 is 34.3. The van der Waals surface area contributed by atoms with Crippen LogP contribution >= 0.6 is 0 Å². The maximum absolute atomic E-state index is 12.6. The van der Waals surface area contributed by atoms with E-state index in [-0.39, 0.29) is 28.0 Å². The lowest BCUT2D eigenvalue weighted by Gasteiger charge is -2.32. The van der Waals surface area contributed by atoms with Gasteiger partial charge in [-0.05, 0) is 37.5 Å². The second kappa shape index (κ2) is 6.93. The number of hydrogen-bond acceptors (Lipinski definition) is 5. The van der Waals surface area contributed by atoms with Crippen molar-refractivity contribution in [2.45, 2.75) is 55.1 Å². The van der Waals surface area contributed by atoms with Crippen LogP contribution < -0.4 is 15.2 Å². The number of amides is 1. The molecule has 1 amide bonds. The molecule has 1 unspecified atom stereocenters. The molecule has 1 saturated heterocycles. The summed E-state index contributed by atoms with van der Waals surface area (Å²) in [6, 6.07) is 3.91. The van der Waals surface area contributed by atoms with E-state index in [2.05, 4.69) is 5.32 Å². The van der Waals surface area contributed by atoms with E-state index >= 15 is 0 Å². The van der Waals surface area contributed by atoms with Crippen molar-refractivity contribution < 1.29 is 22.7 Å². The van der Waals surface area contributed by atoms with Gasteiger partial charge in [-0.2, -0.15) is 0 Å². The van der Waals surface area contributed by atoms with Crippen molar-refractivity contribution in [3.8, 4) is 5.75 Å². The predicted molar refractivity (Wildman–Crippen MR) is 92.0 cm³/mol. The molecule has 25 heavy (non-hydrogen) atoms. The zero-order chi connectivity index (χ0) is 18.1. The standard InChI is InChI=1S/C17H24N2O5S/c1-23-15-6-5-13(25(18,21)22)9-14(15)16(20)19-12-10-17(24-11-12)7-3-2-4-8-17/h5-6,9,12H,2-4,7-8,10-11H2,1H3,(H,19,20)(H2,18,21,22). The monoisotopic (exact) mass is 368 g/mol. The normalized spacial score (nSPS) is 22.7. The topological polar surface area (TPSA) is 108 Å². The highest BCUT2D eigenvalue weighted by Crippen LogP contribution is 2.39. The number of carbonyl (C=O) groups is 1. The SMILES string of the molecule is COc1ccc(S(N)(=O)=O)cc1C(=O)NC1COC2(CCCCC2)C1. The molecule has 3 N–H and O–H groups in total. The number of ether oxygens (including phenoxy) is 2. The minimum atomic E-state index is -3.89. The van der Waals surface area contributed by atoms with Gasteiger partial charge in [0.15, 0.2) is 0 Å². The fourth-order valence-electron chi connectivity index (χ4n) is 3.79. The molecule has 2 fully saturated rings. The van der Waals surface area contributed by atoms with E-state index in [4.69, 9.17) is 14.6 Å². The summed E-state index contributed by atoms with van der Waals surface area (Å²) in [7, 11) is -2.46. The summed E-state index contributed by atoms with van der Waals surface area (Å²) in [5, 5.41) is 8.09. The van der Waals surface area contributed by atoms with E-state index in [1.54, 1.807) is 0 Å². The Morgan fingerprint density at radius 3 is 2.68 bits per heavy atom. The molecule has 3 rings (SSSR count). The minimum Gasteiger partial charge on any atom is -0.496 e. The van der Waals surface area contributed by atoms with Crippen LogP contribution in [0.4, 0.5) is 0 Å². The first-order chi connectivity index (χ1) is 11.8. The van der Waals surface area contributed by atoms with Crippen LogP contribution in [0.25, 0.3) is 0 Å². The van der Waals surface area contributed by atoms with Gasteiger partial charge < -0.3 is 14.8 Å². The Morgan fingerprint density at radius 1 is 1.32 bits per heavy atom. The van der Waals surface area contributed by atoms with Crippen LogP contribution in [0.1, 0.15) is 48.9 Å². The van der Waals surface area contributed by atoms with Gasteiger partial charge in [0.2, 0.25) is 10.0 Å². The van der Waals surface area contributed by atoms with Crippen LogP contribution in [0.2, 0.25) is 0 Å². The van der Waals surface area contributed by atoms with Gasteiger partial charge in [0.05, 0.1) is 35.8 Å². The van der Waals surface area contributed by atoms with E-state index in [0.717, 1.165) is 32.1 Å². The third kappa shape index (κ3) is 3.96. The lowest BCUT2D eigenvalue weighted by molar-refractivity contribution is -0.0246. The van der Waals surface area contributed by atoms with Crippen molar-refractivity contribution in [2.75, 3.05) is 13.7 Å². The second-order valence-electron chi connectivity index (χ2n) is 6.84. The van der Waals surface area contributed by atoms with Crippen molar-refractivity contribution in [3.05, 3.63) is 23.8 Å². The average Bonchev–Trinajstić information content (AvgIpc) is 2.96. The van der Waals surface area contributed by atoms with Gasteiger partial charge in [-0.15, -0.1) is 0 Å². The Morgan fingerprint density at radius 2 is 2.04 bits per heavy atom. The summed E-state index contributed by atoms with van der Waals surface area (Å²) in [6.07, 6.45) is 6.40. The van der Waals surface area contributed by atoms with Crippen molar-refractivity contribution in [2.24, 2.45) is 5.14 Å². The lowest BCUT2D eigenvalue weighted by atomic mass is 9.82. The highest BCUT2D eigenvalue weighted by molar-refractivity contribution is 7.89. The number of carbonyl (C=O) groups excluding carboxylic acids is 1. The van der Waals surface area contributed by atoms with Crippen molar-refractivity contribution in [1.29, 1.82) is 0 Å². The maximum atomic E-state index is 12.6. The number of rotatable bonds is 4. The quantitative estimate of drug-likeness (QED) is 0.839. The molecule has 8 heteroatoms. The highest BCUT2D eigenvalue weighted by Gasteiger charge is 2.41. The molecule has 1 aliphatic carbocycles. The molecular weight excluding hydrogens is 344 g/mol. The number of nitrogens with two attached hydrogens (primary N) is 1. The Labute approximate surface area is 147 Å². The number of hydrogen-bond donors (Lipinski definition) is 2. The Kier molecular flexibility index (Phi) is 5.04. The number of benzene rings is 1. The first kappa shape index (κ1) is 18.2. The fraction of sp³-hybridized carbons (Fsp3) is 0.588. The first-order valence-electron chi connectivity index (χ1n) is 8.49. The number of methoxy groups -OCH3 is 1. The highest BCUT2D eigenvalue weighted by atomic mass is 32.2. The van der Waals surface area contributed by atoms with Crippen molar-refractivity contribution >= 4 is 15.9 Å². The largest absolute Gasteiger partial charge is 0.496 e. The van der Waals surface area contributed by atoms with E-state index < -0.39 is 10.0 Å². The van der Waals surface area contributed by atoms with Crippen molar-refractivity contribution in [1.82, 2.24) is 5.32 Å². The molecule has 1 aliphatic heterocycles. The number of sulfonamides is 1. The first-order valence-corrected chi connectivity index (χ1v) is 10.0. The van der Waals surface area contributed by atoms with E-state index in [1.165, 1.54) is 31.7 Å². The molecule has 1 spiro atoms. The van der Waals surface area contributed by atoms with Gasteiger partial charge >= 0.3 is 0 Å². The van der Waals surface area contributed by atoms with Crippen LogP contribution in [0.5, 0.6) is 5.75 Å². The molecule has 1 saturated carbocycles. The van der Waals surface area contributed by atoms with Crippen molar-refractivity contribution in [3.63, 3.8) is 0 Å². The zero-order valence-corrected chi connectivity index (χ0v) is 15.1. The minimum absolute atomic E-state index is 0.0894. The summed E-state index contributed by atoms with van der Waals surface area (Å²) in [6.45, 7) is 0.475. The maximum Gasteiger partial charge on any atom is 0.255 e. The van der Waals surface area contributed by atoms with Gasteiger partial charge in [0.1, 0.15) is 5.75 Å². The van der Waals surface area contributed by atoms with Crippen LogP contribution in [0.3, 0.4) is 0 Å². The predicted octanol–water partition coefficient (Wildman–Crippen LogP) is 1.56. The summed E-state index contributed by atoms with van der Waals surface area (Å²) in [5.41, 5.74) is 0.0431. The molecule has 1 heterocycles. The smallest absolute Gasteiger partial charge is 0.255 e. The summed E-state index contributed by atoms with van der Waals surface area (Å²) in [4.78, 5) is 12.5. The van der Waals surface area contributed by atoms with Crippen LogP contribution in [0.15, 0.2) is 23.1 Å². The molecular formula is C17H24N2O5S.